The van der Waals surface area contributed by atoms with Crippen molar-refractivity contribution >= 4 is 28.4 Å². The highest BCUT2D eigenvalue weighted by Gasteiger charge is 2.25. The molecule has 1 heterocycles. The van der Waals surface area contributed by atoms with Crippen LogP contribution < -0.4 is 15.4 Å². The highest BCUT2D eigenvalue weighted by molar-refractivity contribution is 6.01. The van der Waals surface area contributed by atoms with E-state index in [0.717, 1.165) is 10.9 Å². The Morgan fingerprint density at radius 2 is 1.55 bits per heavy atom. The maximum absolute atomic E-state index is 13.2. The number of carbonyl (C=O) groups excluding carboxylic acids is 2. The minimum absolute atomic E-state index is 0.356. The summed E-state index contributed by atoms with van der Waals surface area (Å²) in [7, 11) is 1.58. The van der Waals surface area contributed by atoms with Gasteiger partial charge in [0, 0.05) is 16.6 Å². The number of carbonyl (C=O) groups is 2. The fourth-order valence-electron chi connectivity index (χ4n) is 3.21. The molecule has 0 fully saturated rings. The van der Waals surface area contributed by atoms with E-state index >= 15 is 0 Å². The van der Waals surface area contributed by atoms with Crippen molar-refractivity contribution in [1.29, 1.82) is 0 Å². The molecule has 2 N–H and O–H groups in total. The van der Waals surface area contributed by atoms with Gasteiger partial charge in [0.15, 0.2) is 6.04 Å². The zero-order chi connectivity index (χ0) is 21.6. The Labute approximate surface area is 179 Å². The summed E-state index contributed by atoms with van der Waals surface area (Å²) in [6, 6.07) is 26.0. The fourth-order valence-corrected chi connectivity index (χ4v) is 3.21. The van der Waals surface area contributed by atoms with Crippen molar-refractivity contribution in [3.05, 3.63) is 102 Å². The lowest BCUT2D eigenvalue weighted by atomic mass is 10.1. The van der Waals surface area contributed by atoms with Crippen LogP contribution in [-0.4, -0.2) is 23.9 Å². The number of nitrogens with one attached hydrogen (secondary N) is 2. The van der Waals surface area contributed by atoms with Crippen LogP contribution in [-0.2, 0) is 4.79 Å². The molecule has 31 heavy (non-hydrogen) atoms. The predicted molar refractivity (Wildman–Crippen MR) is 120 cm³/mol. The van der Waals surface area contributed by atoms with Gasteiger partial charge in [-0.2, -0.15) is 0 Å². The zero-order valence-electron chi connectivity index (χ0n) is 16.9. The maximum atomic E-state index is 13.2. The quantitative estimate of drug-likeness (QED) is 0.494. The van der Waals surface area contributed by atoms with Crippen molar-refractivity contribution in [2.45, 2.75) is 6.04 Å². The van der Waals surface area contributed by atoms with Crippen LogP contribution in [0, 0.1) is 0 Å². The van der Waals surface area contributed by atoms with E-state index < -0.39 is 11.9 Å². The van der Waals surface area contributed by atoms with Crippen molar-refractivity contribution < 1.29 is 14.3 Å². The molecule has 3 aromatic carbocycles. The van der Waals surface area contributed by atoms with Crippen molar-refractivity contribution in [1.82, 2.24) is 10.3 Å². The zero-order valence-corrected chi connectivity index (χ0v) is 16.9. The molecule has 0 saturated heterocycles. The van der Waals surface area contributed by atoms with Gasteiger partial charge in [-0.05, 0) is 48.5 Å². The third kappa shape index (κ3) is 4.70. The minimum Gasteiger partial charge on any atom is -0.497 e. The molecule has 154 valence electrons. The van der Waals surface area contributed by atoms with Crippen molar-refractivity contribution in [3.63, 3.8) is 0 Å². The molecular weight excluding hydrogens is 390 g/mol. The molecule has 1 aromatic heterocycles. The normalized spacial score (nSPS) is 11.5. The van der Waals surface area contributed by atoms with Crippen molar-refractivity contribution in [3.8, 4) is 5.75 Å². The molecule has 0 aliphatic carbocycles. The molecule has 1 unspecified atom stereocenters. The summed E-state index contributed by atoms with van der Waals surface area (Å²) in [5, 5.41) is 6.62. The molecule has 0 aliphatic heterocycles. The van der Waals surface area contributed by atoms with Crippen LogP contribution in [0.4, 0.5) is 5.69 Å². The van der Waals surface area contributed by atoms with Gasteiger partial charge < -0.3 is 15.4 Å². The number of fused-ring (bicyclic) bond motifs is 1. The second-order valence-electron chi connectivity index (χ2n) is 6.92. The minimum atomic E-state index is -0.973. The Morgan fingerprint density at radius 1 is 0.839 bits per heavy atom. The van der Waals surface area contributed by atoms with Crippen LogP contribution in [0.25, 0.3) is 10.9 Å². The molecule has 0 spiro atoms. The Morgan fingerprint density at radius 3 is 2.29 bits per heavy atom. The van der Waals surface area contributed by atoms with E-state index in [4.69, 9.17) is 4.74 Å². The molecule has 0 bridgehead atoms. The SMILES string of the molecule is COc1ccc(NC(=O)C(NC(=O)c2ccccc2)c2ccc3ccccc3n2)cc1. The molecule has 0 aliphatic rings. The number of pyridine rings is 1. The van der Waals surface area contributed by atoms with Crippen LogP contribution in [0.5, 0.6) is 5.75 Å². The average Bonchev–Trinajstić information content (AvgIpc) is 2.83. The van der Waals surface area contributed by atoms with Gasteiger partial charge in [0.2, 0.25) is 0 Å². The van der Waals surface area contributed by atoms with Gasteiger partial charge >= 0.3 is 0 Å². The largest absolute Gasteiger partial charge is 0.497 e. The van der Waals surface area contributed by atoms with Gasteiger partial charge in [-0.1, -0.05) is 42.5 Å². The summed E-state index contributed by atoms with van der Waals surface area (Å²) in [5.41, 5.74) is 2.25. The maximum Gasteiger partial charge on any atom is 0.253 e. The van der Waals surface area contributed by atoms with Gasteiger partial charge in [-0.15, -0.1) is 0 Å². The lowest BCUT2D eigenvalue weighted by Crippen LogP contribution is -2.37. The second-order valence-corrected chi connectivity index (χ2v) is 6.92. The van der Waals surface area contributed by atoms with Crippen molar-refractivity contribution in [2.75, 3.05) is 12.4 Å². The molecule has 4 rings (SSSR count). The average molecular weight is 411 g/mol. The Bertz CT molecular complexity index is 1210. The van der Waals surface area contributed by atoms with Crippen LogP contribution in [0.15, 0.2) is 91.0 Å². The van der Waals surface area contributed by atoms with Gasteiger partial charge in [0.1, 0.15) is 5.75 Å². The van der Waals surface area contributed by atoms with Crippen LogP contribution in [0.3, 0.4) is 0 Å². The third-order valence-electron chi connectivity index (χ3n) is 4.85. The number of nitrogens with zero attached hydrogens (tertiary/aromatic N) is 1. The molecule has 0 radical (unpaired) electrons. The smallest absolute Gasteiger partial charge is 0.253 e. The first-order valence-electron chi connectivity index (χ1n) is 9.80. The van der Waals surface area contributed by atoms with Gasteiger partial charge in [-0.25, -0.2) is 0 Å². The topological polar surface area (TPSA) is 80.3 Å². The highest BCUT2D eigenvalue weighted by Crippen LogP contribution is 2.21. The van der Waals surface area contributed by atoms with E-state index in [-0.39, 0.29) is 5.91 Å². The van der Waals surface area contributed by atoms with E-state index in [9.17, 15) is 9.59 Å². The van der Waals surface area contributed by atoms with Crippen LogP contribution in [0.1, 0.15) is 22.1 Å². The number of aromatic nitrogens is 1. The summed E-state index contributed by atoms with van der Waals surface area (Å²) >= 11 is 0. The monoisotopic (exact) mass is 411 g/mol. The second kappa shape index (κ2) is 9.09. The van der Waals surface area contributed by atoms with E-state index in [1.807, 2.05) is 36.4 Å². The summed E-state index contributed by atoms with van der Waals surface area (Å²) < 4.78 is 5.15. The van der Waals surface area contributed by atoms with E-state index in [2.05, 4.69) is 15.6 Å². The predicted octanol–water partition coefficient (Wildman–Crippen LogP) is 4.35. The Kier molecular flexibility index (Phi) is 5.89. The van der Waals surface area contributed by atoms with Crippen LogP contribution in [0.2, 0.25) is 0 Å². The molecule has 0 saturated carbocycles. The van der Waals surface area contributed by atoms with Gasteiger partial charge in [-0.3, -0.25) is 14.6 Å². The van der Waals surface area contributed by atoms with Gasteiger partial charge in [0.05, 0.1) is 18.3 Å². The number of rotatable bonds is 6. The lowest BCUT2D eigenvalue weighted by molar-refractivity contribution is -0.118. The molecule has 6 nitrogen and oxygen atoms in total. The summed E-state index contributed by atoms with van der Waals surface area (Å²) in [4.78, 5) is 30.6. The first-order valence-corrected chi connectivity index (χ1v) is 9.80. The molecule has 4 aromatic rings. The number of hydrogen-bond donors (Lipinski definition) is 2. The summed E-state index contributed by atoms with van der Waals surface area (Å²) in [6.45, 7) is 0. The number of hydrogen-bond acceptors (Lipinski definition) is 4. The molecule has 1 atom stereocenters. The van der Waals surface area contributed by atoms with E-state index in [0.29, 0.717) is 22.7 Å². The number of benzene rings is 3. The molecule has 2 amide bonds. The first kappa shape index (κ1) is 20.1. The molecule has 6 heteroatoms. The third-order valence-corrected chi connectivity index (χ3v) is 4.85. The Hall–Kier alpha value is -4.19. The van der Waals surface area contributed by atoms with Crippen LogP contribution >= 0.6 is 0 Å². The lowest BCUT2D eigenvalue weighted by Gasteiger charge is -2.19. The highest BCUT2D eigenvalue weighted by atomic mass is 16.5. The van der Waals surface area contributed by atoms with Crippen molar-refractivity contribution in [2.24, 2.45) is 0 Å². The molecular formula is C25H21N3O3. The fraction of sp³-hybridized carbons (Fsp3) is 0.0800. The van der Waals surface area contributed by atoms with Gasteiger partial charge in [0.25, 0.3) is 11.8 Å². The standard InChI is InChI=1S/C25H21N3O3/c1-31-20-14-12-19(13-15-20)26-25(30)23(28-24(29)18-8-3-2-4-9-18)22-16-11-17-7-5-6-10-21(17)27-22/h2-16,23H,1H3,(H,26,30)(H,28,29). The number of ether oxygens (including phenoxy) is 1. The Balaban J connectivity index is 1.64. The first-order chi connectivity index (χ1) is 15.1. The number of anilines is 1. The summed E-state index contributed by atoms with van der Waals surface area (Å²) in [6.07, 6.45) is 0. The van der Waals surface area contributed by atoms with E-state index in [1.54, 1.807) is 61.7 Å². The van der Waals surface area contributed by atoms with E-state index in [1.165, 1.54) is 0 Å². The number of methoxy groups -OCH3 is 1. The number of amides is 2. The summed E-state index contributed by atoms with van der Waals surface area (Å²) in [5.74, 6) is -0.0641. The number of para-hydroxylation sites is 1.